The van der Waals surface area contributed by atoms with Crippen LogP contribution in [0.4, 0.5) is 0 Å². The molecule has 0 heterocycles. The average molecular weight is 212 g/mol. The van der Waals surface area contributed by atoms with Gasteiger partial charge in [-0.2, -0.15) is 0 Å². The van der Waals surface area contributed by atoms with Crippen molar-refractivity contribution in [1.29, 1.82) is 0 Å². The van der Waals surface area contributed by atoms with Crippen LogP contribution in [0.25, 0.3) is 5.70 Å². The third-order valence-electron chi connectivity index (χ3n) is 2.33. The lowest BCUT2D eigenvalue weighted by atomic mass is 10.0. The molecule has 0 bridgehead atoms. The Kier molecular flexibility index (Phi) is 2.96. The van der Waals surface area contributed by atoms with Gasteiger partial charge in [0, 0.05) is 5.57 Å². The van der Waals surface area contributed by atoms with Crippen molar-refractivity contribution in [3.8, 4) is 0 Å². The maximum Gasteiger partial charge on any atom is 0.280 e. The third kappa shape index (κ3) is 2.08. The van der Waals surface area contributed by atoms with E-state index < -0.39 is 0 Å². The van der Waals surface area contributed by atoms with Gasteiger partial charge in [-0.25, -0.2) is 0 Å². The first kappa shape index (κ1) is 10.4. The molecule has 1 aromatic rings. The van der Waals surface area contributed by atoms with Crippen LogP contribution in [0.2, 0.25) is 0 Å². The Hall–Kier alpha value is -2.16. The van der Waals surface area contributed by atoms with Crippen molar-refractivity contribution in [3.05, 3.63) is 75.9 Å². The molecular formula is C13H10NO2. The van der Waals surface area contributed by atoms with Crippen LogP contribution in [-0.2, 0) is 0 Å². The summed E-state index contributed by atoms with van der Waals surface area (Å²) in [4.78, 5) is 10.7. The summed E-state index contributed by atoms with van der Waals surface area (Å²) < 4.78 is 0. The summed E-state index contributed by atoms with van der Waals surface area (Å²) in [5.41, 5.74) is 1.39. The molecule has 0 amide bonds. The van der Waals surface area contributed by atoms with Gasteiger partial charge >= 0.3 is 0 Å². The van der Waals surface area contributed by atoms with E-state index in [9.17, 15) is 10.1 Å². The summed E-state index contributed by atoms with van der Waals surface area (Å²) in [6.45, 7) is 0. The Morgan fingerprint density at radius 1 is 1.31 bits per heavy atom. The van der Waals surface area contributed by atoms with Crippen LogP contribution in [0.5, 0.6) is 0 Å². The zero-order valence-electron chi connectivity index (χ0n) is 8.59. The van der Waals surface area contributed by atoms with E-state index in [2.05, 4.69) is 6.08 Å². The van der Waals surface area contributed by atoms with Crippen molar-refractivity contribution in [2.24, 2.45) is 0 Å². The lowest BCUT2D eigenvalue weighted by molar-refractivity contribution is -0.376. The van der Waals surface area contributed by atoms with E-state index in [0.29, 0.717) is 17.6 Å². The number of hydrogen-bond acceptors (Lipinski definition) is 2. The summed E-state index contributed by atoms with van der Waals surface area (Å²) in [6, 6.07) is 8.91. The molecule has 0 saturated carbocycles. The molecule has 16 heavy (non-hydrogen) atoms. The van der Waals surface area contributed by atoms with Crippen LogP contribution < -0.4 is 0 Å². The first-order chi connectivity index (χ1) is 7.79. The van der Waals surface area contributed by atoms with Crippen LogP contribution >= 0.6 is 0 Å². The highest BCUT2D eigenvalue weighted by Crippen LogP contribution is 2.23. The molecule has 1 aromatic carbocycles. The molecule has 2 rings (SSSR count). The number of allylic oxidation sites excluding steroid dienone is 5. The summed E-state index contributed by atoms with van der Waals surface area (Å²) in [5, 5.41) is 11.1. The second-order valence-corrected chi connectivity index (χ2v) is 3.39. The number of nitrogens with zero attached hydrogens (tertiary/aromatic N) is 1. The van der Waals surface area contributed by atoms with Crippen molar-refractivity contribution in [3.63, 3.8) is 0 Å². The molecular weight excluding hydrogens is 202 g/mol. The van der Waals surface area contributed by atoms with Gasteiger partial charge < -0.3 is 0 Å². The lowest BCUT2D eigenvalue weighted by Crippen LogP contribution is -2.02. The monoisotopic (exact) mass is 212 g/mol. The van der Waals surface area contributed by atoms with E-state index in [1.54, 1.807) is 30.3 Å². The zero-order valence-corrected chi connectivity index (χ0v) is 8.59. The molecule has 0 N–H and O–H groups in total. The van der Waals surface area contributed by atoms with Crippen molar-refractivity contribution >= 4 is 5.70 Å². The van der Waals surface area contributed by atoms with Gasteiger partial charge in [-0.3, -0.25) is 10.1 Å². The van der Waals surface area contributed by atoms with Gasteiger partial charge in [-0.1, -0.05) is 36.4 Å². The zero-order chi connectivity index (χ0) is 11.4. The van der Waals surface area contributed by atoms with E-state index in [4.69, 9.17) is 0 Å². The predicted octanol–water partition coefficient (Wildman–Crippen LogP) is 2.99. The summed E-state index contributed by atoms with van der Waals surface area (Å²) >= 11 is 0. The molecule has 0 atom stereocenters. The van der Waals surface area contributed by atoms with Gasteiger partial charge in [0.25, 0.3) is 5.70 Å². The number of rotatable bonds is 2. The second kappa shape index (κ2) is 4.57. The Labute approximate surface area is 93.6 Å². The fourth-order valence-electron chi connectivity index (χ4n) is 1.61. The van der Waals surface area contributed by atoms with E-state index in [-0.39, 0.29) is 10.6 Å². The predicted molar refractivity (Wildman–Crippen MR) is 61.9 cm³/mol. The fourth-order valence-corrected chi connectivity index (χ4v) is 1.61. The summed E-state index contributed by atoms with van der Waals surface area (Å²) in [5.74, 6) is 0. The fraction of sp³-hybridized carbons (Fsp3) is 0.0769. The molecule has 0 saturated heterocycles. The number of benzene rings is 1. The Balaban J connectivity index is 2.50. The van der Waals surface area contributed by atoms with Crippen LogP contribution in [0, 0.1) is 16.2 Å². The first-order valence-electron chi connectivity index (χ1n) is 4.97. The number of hydrogen-bond donors (Lipinski definition) is 0. The highest BCUT2D eigenvalue weighted by Gasteiger charge is 2.19. The van der Waals surface area contributed by atoms with E-state index in [0.717, 1.165) is 0 Å². The van der Waals surface area contributed by atoms with Gasteiger partial charge in [0.05, 0.1) is 10.5 Å². The van der Waals surface area contributed by atoms with Crippen molar-refractivity contribution in [2.75, 3.05) is 0 Å². The van der Waals surface area contributed by atoms with Crippen molar-refractivity contribution in [2.45, 2.75) is 6.42 Å². The molecule has 1 aliphatic carbocycles. The molecule has 1 radical (unpaired) electrons. The van der Waals surface area contributed by atoms with Crippen molar-refractivity contribution in [1.82, 2.24) is 0 Å². The smallest absolute Gasteiger partial charge is 0.258 e. The number of nitro groups is 1. The molecule has 0 aliphatic heterocycles. The van der Waals surface area contributed by atoms with E-state index >= 15 is 0 Å². The van der Waals surface area contributed by atoms with Gasteiger partial charge in [-0.05, 0) is 24.6 Å². The molecule has 3 nitrogen and oxygen atoms in total. The van der Waals surface area contributed by atoms with Gasteiger partial charge in [0.2, 0.25) is 0 Å². The summed E-state index contributed by atoms with van der Waals surface area (Å²) in [7, 11) is 0. The lowest BCUT2D eigenvalue weighted by Gasteiger charge is -2.05. The normalized spacial score (nSPS) is 17.2. The van der Waals surface area contributed by atoms with Crippen molar-refractivity contribution < 1.29 is 4.92 Å². The summed E-state index contributed by atoms with van der Waals surface area (Å²) in [6.07, 6.45) is 8.91. The first-order valence-corrected chi connectivity index (χ1v) is 4.97. The molecule has 0 spiro atoms. The molecule has 0 unspecified atom stereocenters. The molecule has 0 fully saturated rings. The van der Waals surface area contributed by atoms with E-state index in [1.807, 2.05) is 18.2 Å². The largest absolute Gasteiger partial charge is 0.280 e. The second-order valence-electron chi connectivity index (χ2n) is 3.39. The maximum atomic E-state index is 11.1. The quantitative estimate of drug-likeness (QED) is 0.558. The minimum absolute atomic E-state index is 0.140. The van der Waals surface area contributed by atoms with Crippen LogP contribution in [0.3, 0.4) is 0 Å². The molecule has 0 aromatic heterocycles. The average Bonchev–Trinajstić information content (AvgIpc) is 2.31. The SMILES string of the molecule is O=[N+]([O-])C(=C1[C]=CC=CC1)c1ccccc1. The van der Waals surface area contributed by atoms with Crippen LogP contribution in [0.15, 0.2) is 54.1 Å². The van der Waals surface area contributed by atoms with E-state index in [1.165, 1.54) is 0 Å². The Bertz CT molecular complexity index is 484. The van der Waals surface area contributed by atoms with Crippen LogP contribution in [-0.4, -0.2) is 4.92 Å². The molecule has 3 heteroatoms. The highest BCUT2D eigenvalue weighted by molar-refractivity contribution is 5.64. The van der Waals surface area contributed by atoms with Crippen LogP contribution in [0.1, 0.15) is 12.0 Å². The molecule has 79 valence electrons. The maximum absolute atomic E-state index is 11.1. The Morgan fingerprint density at radius 3 is 2.62 bits per heavy atom. The topological polar surface area (TPSA) is 43.1 Å². The standard InChI is InChI=1S/C13H10NO2/c15-14(16)13(11-7-3-1-4-8-11)12-9-5-2-6-10-12/h1-8H,9H2. The van der Waals surface area contributed by atoms with Gasteiger partial charge in [0.1, 0.15) is 0 Å². The minimum Gasteiger partial charge on any atom is -0.258 e. The minimum atomic E-state index is -0.343. The van der Waals surface area contributed by atoms with Gasteiger partial charge in [0.15, 0.2) is 0 Å². The highest BCUT2D eigenvalue weighted by atomic mass is 16.6. The Morgan fingerprint density at radius 2 is 2.06 bits per heavy atom. The van der Waals surface area contributed by atoms with Gasteiger partial charge in [-0.15, -0.1) is 0 Å². The molecule has 1 aliphatic rings. The third-order valence-corrected chi connectivity index (χ3v) is 2.33.